The number of carbonyl (C=O) groups is 1. The highest BCUT2D eigenvalue weighted by molar-refractivity contribution is 9.10. The summed E-state index contributed by atoms with van der Waals surface area (Å²) in [7, 11) is 1.38. The van der Waals surface area contributed by atoms with Gasteiger partial charge in [0.05, 0.1) is 12.7 Å². The Bertz CT molecular complexity index is 588. The zero-order chi connectivity index (χ0) is 14.5. The first-order valence-corrected chi connectivity index (χ1v) is 7.06. The van der Waals surface area contributed by atoms with Gasteiger partial charge in [-0.25, -0.2) is 4.79 Å². The number of rotatable bonds is 4. The molecule has 2 aromatic rings. The maximum absolute atomic E-state index is 11.3. The van der Waals surface area contributed by atoms with E-state index in [1.807, 2.05) is 18.2 Å². The van der Waals surface area contributed by atoms with E-state index in [9.17, 15) is 4.79 Å². The molecule has 0 aromatic heterocycles. The summed E-state index contributed by atoms with van der Waals surface area (Å²) < 4.78 is 5.73. The monoisotopic (exact) mass is 333 g/mol. The van der Waals surface area contributed by atoms with Gasteiger partial charge in [0.15, 0.2) is 0 Å². The average molecular weight is 334 g/mol. The summed E-state index contributed by atoms with van der Waals surface area (Å²) in [6, 6.07) is 13.6. The van der Waals surface area contributed by atoms with Crippen molar-refractivity contribution in [2.45, 2.75) is 13.5 Å². The molecule has 0 fully saturated rings. The van der Waals surface area contributed by atoms with Gasteiger partial charge in [-0.1, -0.05) is 28.1 Å². The molecule has 0 unspecified atom stereocenters. The number of nitrogens with one attached hydrogen (secondary N) is 1. The number of methoxy groups -OCH3 is 1. The van der Waals surface area contributed by atoms with E-state index in [2.05, 4.69) is 45.0 Å². The summed E-state index contributed by atoms with van der Waals surface area (Å²) >= 11 is 3.48. The molecule has 20 heavy (non-hydrogen) atoms. The van der Waals surface area contributed by atoms with Crippen molar-refractivity contribution in [1.29, 1.82) is 0 Å². The second-order valence-corrected chi connectivity index (χ2v) is 5.47. The molecule has 104 valence electrons. The first kappa shape index (κ1) is 14.6. The van der Waals surface area contributed by atoms with E-state index in [1.54, 1.807) is 12.1 Å². The first-order chi connectivity index (χ1) is 9.58. The predicted octanol–water partition coefficient (Wildman–Crippen LogP) is 4.16. The zero-order valence-electron chi connectivity index (χ0n) is 11.4. The number of benzene rings is 2. The molecule has 0 heterocycles. The Balaban J connectivity index is 2.02. The fraction of sp³-hybridized carbons (Fsp3) is 0.188. The van der Waals surface area contributed by atoms with E-state index in [-0.39, 0.29) is 5.97 Å². The van der Waals surface area contributed by atoms with Crippen LogP contribution in [0.3, 0.4) is 0 Å². The van der Waals surface area contributed by atoms with Crippen LogP contribution in [0.5, 0.6) is 0 Å². The van der Waals surface area contributed by atoms with Crippen molar-refractivity contribution < 1.29 is 9.53 Å². The van der Waals surface area contributed by atoms with E-state index < -0.39 is 0 Å². The molecule has 2 aromatic carbocycles. The van der Waals surface area contributed by atoms with Crippen molar-refractivity contribution >= 4 is 27.6 Å². The van der Waals surface area contributed by atoms with Crippen molar-refractivity contribution in [1.82, 2.24) is 0 Å². The molecular weight excluding hydrogens is 318 g/mol. The number of halogens is 1. The van der Waals surface area contributed by atoms with Gasteiger partial charge < -0.3 is 10.1 Å². The summed E-state index contributed by atoms with van der Waals surface area (Å²) in [6.07, 6.45) is 0. The van der Waals surface area contributed by atoms with Gasteiger partial charge in [0.1, 0.15) is 0 Å². The quantitative estimate of drug-likeness (QED) is 0.854. The Labute approximate surface area is 127 Å². The maximum atomic E-state index is 11.3. The van der Waals surface area contributed by atoms with Gasteiger partial charge in [-0.3, -0.25) is 0 Å². The Morgan fingerprint density at radius 3 is 2.50 bits per heavy atom. The highest BCUT2D eigenvalue weighted by atomic mass is 79.9. The molecule has 3 nitrogen and oxygen atoms in total. The first-order valence-electron chi connectivity index (χ1n) is 6.27. The standard InChI is InChI=1S/C16H16BrNO2/c1-11-7-14(17)9-15(8-11)18-10-12-3-5-13(6-4-12)16(19)20-2/h3-9,18H,10H2,1-2H3. The lowest BCUT2D eigenvalue weighted by Gasteiger charge is -2.09. The van der Waals surface area contributed by atoms with E-state index >= 15 is 0 Å². The summed E-state index contributed by atoms with van der Waals surface area (Å²) in [5.74, 6) is -0.313. The Kier molecular flexibility index (Phi) is 4.79. The number of hydrogen-bond acceptors (Lipinski definition) is 3. The highest BCUT2D eigenvalue weighted by Gasteiger charge is 2.04. The van der Waals surface area contributed by atoms with Gasteiger partial charge in [-0.05, 0) is 48.4 Å². The molecule has 0 saturated carbocycles. The summed E-state index contributed by atoms with van der Waals surface area (Å²) in [5, 5.41) is 3.36. The van der Waals surface area contributed by atoms with Gasteiger partial charge in [-0.2, -0.15) is 0 Å². The number of ether oxygens (including phenoxy) is 1. The number of anilines is 1. The zero-order valence-corrected chi connectivity index (χ0v) is 13.0. The van der Waals surface area contributed by atoms with Gasteiger partial charge in [0, 0.05) is 16.7 Å². The van der Waals surface area contributed by atoms with Crippen LogP contribution in [-0.4, -0.2) is 13.1 Å². The van der Waals surface area contributed by atoms with E-state index in [1.165, 1.54) is 12.7 Å². The molecular formula is C16H16BrNO2. The fourth-order valence-corrected chi connectivity index (χ4v) is 2.53. The molecule has 0 radical (unpaired) electrons. The lowest BCUT2D eigenvalue weighted by atomic mass is 10.1. The van der Waals surface area contributed by atoms with E-state index in [4.69, 9.17) is 0 Å². The molecule has 0 atom stereocenters. The van der Waals surface area contributed by atoms with Crippen LogP contribution in [0.2, 0.25) is 0 Å². The smallest absolute Gasteiger partial charge is 0.337 e. The number of esters is 1. The predicted molar refractivity (Wildman–Crippen MR) is 84.0 cm³/mol. The third kappa shape index (κ3) is 3.84. The lowest BCUT2D eigenvalue weighted by Crippen LogP contribution is -2.03. The molecule has 0 spiro atoms. The van der Waals surface area contributed by atoms with Crippen molar-refractivity contribution in [3.8, 4) is 0 Å². The molecule has 2 rings (SSSR count). The van der Waals surface area contributed by atoms with Crippen LogP contribution < -0.4 is 5.32 Å². The maximum Gasteiger partial charge on any atom is 0.337 e. The van der Waals surface area contributed by atoms with Crippen molar-refractivity contribution in [2.24, 2.45) is 0 Å². The largest absolute Gasteiger partial charge is 0.465 e. The number of carbonyl (C=O) groups excluding carboxylic acids is 1. The topological polar surface area (TPSA) is 38.3 Å². The van der Waals surface area contributed by atoms with E-state index in [0.717, 1.165) is 15.7 Å². The Hall–Kier alpha value is -1.81. The SMILES string of the molecule is COC(=O)c1ccc(CNc2cc(C)cc(Br)c2)cc1. The number of aryl methyl sites for hydroxylation is 1. The Morgan fingerprint density at radius 1 is 1.20 bits per heavy atom. The molecule has 0 bridgehead atoms. The van der Waals surface area contributed by atoms with E-state index in [0.29, 0.717) is 12.1 Å². The van der Waals surface area contributed by atoms with Gasteiger partial charge >= 0.3 is 5.97 Å². The second kappa shape index (κ2) is 6.57. The normalized spacial score (nSPS) is 10.2. The summed E-state index contributed by atoms with van der Waals surface area (Å²) in [4.78, 5) is 11.3. The molecule has 0 amide bonds. The summed E-state index contributed by atoms with van der Waals surface area (Å²) in [5.41, 5.74) is 3.93. The second-order valence-electron chi connectivity index (χ2n) is 4.56. The third-order valence-corrected chi connectivity index (χ3v) is 3.37. The van der Waals surface area contributed by atoms with Crippen molar-refractivity contribution in [3.05, 3.63) is 63.6 Å². The molecule has 0 aliphatic rings. The van der Waals surface area contributed by atoms with Crippen LogP contribution in [0.15, 0.2) is 46.9 Å². The van der Waals surface area contributed by atoms with Crippen LogP contribution in [-0.2, 0) is 11.3 Å². The lowest BCUT2D eigenvalue weighted by molar-refractivity contribution is 0.0600. The van der Waals surface area contributed by atoms with Crippen LogP contribution in [0.25, 0.3) is 0 Å². The Morgan fingerprint density at radius 2 is 1.90 bits per heavy atom. The summed E-state index contributed by atoms with van der Waals surface area (Å²) in [6.45, 7) is 2.76. The third-order valence-electron chi connectivity index (χ3n) is 2.91. The van der Waals surface area contributed by atoms with Crippen molar-refractivity contribution in [2.75, 3.05) is 12.4 Å². The van der Waals surface area contributed by atoms with Crippen LogP contribution in [0.4, 0.5) is 5.69 Å². The molecule has 0 aliphatic heterocycles. The van der Waals surface area contributed by atoms with Crippen LogP contribution in [0, 0.1) is 6.92 Å². The highest BCUT2D eigenvalue weighted by Crippen LogP contribution is 2.19. The average Bonchev–Trinajstić information content (AvgIpc) is 2.44. The van der Waals surface area contributed by atoms with Gasteiger partial charge in [0.2, 0.25) is 0 Å². The number of hydrogen-bond donors (Lipinski definition) is 1. The molecule has 1 N–H and O–H groups in total. The van der Waals surface area contributed by atoms with Gasteiger partial charge in [-0.15, -0.1) is 0 Å². The minimum absolute atomic E-state index is 0.313. The van der Waals surface area contributed by atoms with Gasteiger partial charge in [0.25, 0.3) is 0 Å². The van der Waals surface area contributed by atoms with Crippen LogP contribution >= 0.6 is 15.9 Å². The fourth-order valence-electron chi connectivity index (χ4n) is 1.92. The minimum Gasteiger partial charge on any atom is -0.465 e. The molecule has 0 aliphatic carbocycles. The van der Waals surface area contributed by atoms with Crippen LogP contribution in [0.1, 0.15) is 21.5 Å². The minimum atomic E-state index is -0.313. The molecule has 0 saturated heterocycles. The molecule has 4 heteroatoms. The van der Waals surface area contributed by atoms with Crippen molar-refractivity contribution in [3.63, 3.8) is 0 Å².